The van der Waals surface area contributed by atoms with E-state index in [1.54, 1.807) is 15.9 Å². The number of thiophene rings is 1. The molecule has 2 aromatic heterocycles. The standard InChI is InChI=1S/C24H27N3O2S2/c1-16-9-7-8-14-26(16)20(28)15-30-24-25-22-21(18-12-5-6-13-19(18)31-22)23(29)27(24)17-10-3-2-4-11-17/h2-4,10-11,16H,5-9,12-15H2,1H3/t16-/m0/s1. The fourth-order valence-electron chi connectivity index (χ4n) is 4.77. The second-order valence-electron chi connectivity index (χ2n) is 8.48. The van der Waals surface area contributed by atoms with E-state index in [0.29, 0.717) is 10.9 Å². The Kier molecular flexibility index (Phi) is 5.89. The van der Waals surface area contributed by atoms with E-state index in [1.807, 2.05) is 35.2 Å². The number of thioether (sulfide) groups is 1. The second-order valence-corrected chi connectivity index (χ2v) is 10.5. The zero-order chi connectivity index (χ0) is 21.4. The summed E-state index contributed by atoms with van der Waals surface area (Å²) < 4.78 is 1.71. The third kappa shape index (κ3) is 3.94. The van der Waals surface area contributed by atoms with Crippen molar-refractivity contribution in [2.24, 2.45) is 0 Å². The lowest BCUT2D eigenvalue weighted by Crippen LogP contribution is -2.43. The fourth-order valence-corrected chi connectivity index (χ4v) is 6.97. The van der Waals surface area contributed by atoms with Gasteiger partial charge in [0.1, 0.15) is 4.83 Å². The van der Waals surface area contributed by atoms with E-state index < -0.39 is 0 Å². The minimum Gasteiger partial charge on any atom is -0.339 e. The van der Waals surface area contributed by atoms with Crippen LogP contribution in [0.25, 0.3) is 15.9 Å². The lowest BCUT2D eigenvalue weighted by atomic mass is 9.97. The van der Waals surface area contributed by atoms with E-state index in [1.165, 1.54) is 35.0 Å². The molecule has 1 aliphatic heterocycles. The summed E-state index contributed by atoms with van der Waals surface area (Å²) in [4.78, 5) is 35.7. The van der Waals surface area contributed by atoms with Crippen LogP contribution >= 0.6 is 23.1 Å². The first-order valence-electron chi connectivity index (χ1n) is 11.2. The minimum absolute atomic E-state index is 0.00288. The maximum absolute atomic E-state index is 13.7. The Morgan fingerprint density at radius 2 is 1.97 bits per heavy atom. The molecule has 162 valence electrons. The van der Waals surface area contributed by atoms with Crippen LogP contribution in [-0.2, 0) is 17.6 Å². The average molecular weight is 454 g/mol. The quantitative estimate of drug-likeness (QED) is 0.420. The van der Waals surface area contributed by atoms with Gasteiger partial charge in [-0.15, -0.1) is 11.3 Å². The summed E-state index contributed by atoms with van der Waals surface area (Å²) in [5.74, 6) is 0.442. The molecule has 0 radical (unpaired) electrons. The number of aromatic nitrogens is 2. The molecule has 5 nitrogen and oxygen atoms in total. The smallest absolute Gasteiger partial charge is 0.267 e. The Morgan fingerprint density at radius 3 is 2.77 bits per heavy atom. The molecule has 1 aliphatic carbocycles. The summed E-state index contributed by atoms with van der Waals surface area (Å²) in [7, 11) is 0. The van der Waals surface area contributed by atoms with Crippen molar-refractivity contribution in [3.05, 3.63) is 51.1 Å². The van der Waals surface area contributed by atoms with Crippen molar-refractivity contribution < 1.29 is 4.79 Å². The highest BCUT2D eigenvalue weighted by Gasteiger charge is 2.26. The van der Waals surface area contributed by atoms with Crippen LogP contribution in [-0.4, -0.2) is 38.7 Å². The molecular weight excluding hydrogens is 426 g/mol. The van der Waals surface area contributed by atoms with Gasteiger partial charge in [0.2, 0.25) is 5.91 Å². The molecule has 3 heterocycles. The number of para-hydroxylation sites is 1. The summed E-state index contributed by atoms with van der Waals surface area (Å²) >= 11 is 3.05. The molecule has 2 aliphatic rings. The Bertz CT molecular complexity index is 1170. The number of amides is 1. The Hall–Kier alpha value is -2.12. The number of benzene rings is 1. The number of hydrogen-bond acceptors (Lipinski definition) is 5. The molecule has 0 spiro atoms. The lowest BCUT2D eigenvalue weighted by molar-refractivity contribution is -0.131. The molecule has 1 amide bonds. The van der Waals surface area contributed by atoms with Crippen molar-refractivity contribution in [3.8, 4) is 5.69 Å². The molecule has 5 rings (SSSR count). The predicted molar refractivity (Wildman–Crippen MR) is 128 cm³/mol. The minimum atomic E-state index is -0.00288. The van der Waals surface area contributed by atoms with Crippen LogP contribution < -0.4 is 5.56 Å². The highest BCUT2D eigenvalue weighted by atomic mass is 32.2. The molecule has 31 heavy (non-hydrogen) atoms. The molecule has 1 saturated heterocycles. The van der Waals surface area contributed by atoms with Gasteiger partial charge in [0.15, 0.2) is 5.16 Å². The summed E-state index contributed by atoms with van der Waals surface area (Å²) in [6, 6.07) is 9.98. The monoisotopic (exact) mass is 453 g/mol. The van der Waals surface area contributed by atoms with E-state index in [4.69, 9.17) is 4.98 Å². The first-order valence-corrected chi connectivity index (χ1v) is 13.0. The van der Waals surface area contributed by atoms with Gasteiger partial charge in [0.25, 0.3) is 5.56 Å². The number of nitrogens with zero attached hydrogens (tertiary/aromatic N) is 3. The predicted octanol–water partition coefficient (Wildman–Crippen LogP) is 4.82. The molecule has 1 aromatic carbocycles. The van der Waals surface area contributed by atoms with Crippen LogP contribution in [0.5, 0.6) is 0 Å². The van der Waals surface area contributed by atoms with E-state index >= 15 is 0 Å². The zero-order valence-electron chi connectivity index (χ0n) is 17.8. The highest BCUT2D eigenvalue weighted by molar-refractivity contribution is 7.99. The number of carbonyl (C=O) groups is 1. The molecular formula is C24H27N3O2S2. The normalized spacial score (nSPS) is 18.9. The average Bonchev–Trinajstić information content (AvgIpc) is 3.17. The molecule has 0 saturated carbocycles. The van der Waals surface area contributed by atoms with Gasteiger partial charge in [-0.3, -0.25) is 14.2 Å². The van der Waals surface area contributed by atoms with Gasteiger partial charge in [-0.2, -0.15) is 0 Å². The maximum atomic E-state index is 13.7. The first-order chi connectivity index (χ1) is 15.1. The van der Waals surface area contributed by atoms with Crippen molar-refractivity contribution >= 4 is 39.2 Å². The van der Waals surface area contributed by atoms with Gasteiger partial charge in [0, 0.05) is 17.5 Å². The Balaban J connectivity index is 1.55. The van der Waals surface area contributed by atoms with Gasteiger partial charge >= 0.3 is 0 Å². The zero-order valence-corrected chi connectivity index (χ0v) is 19.4. The molecule has 7 heteroatoms. The van der Waals surface area contributed by atoms with E-state index in [0.717, 1.165) is 54.6 Å². The van der Waals surface area contributed by atoms with Crippen LogP contribution in [0.1, 0.15) is 49.5 Å². The largest absolute Gasteiger partial charge is 0.339 e. The van der Waals surface area contributed by atoms with E-state index in [9.17, 15) is 9.59 Å². The highest BCUT2D eigenvalue weighted by Crippen LogP contribution is 2.35. The van der Waals surface area contributed by atoms with Crippen molar-refractivity contribution in [2.75, 3.05) is 12.3 Å². The SMILES string of the molecule is C[C@H]1CCCCN1C(=O)CSc1nc2sc3c(c2c(=O)n1-c1ccccc1)CCCC3. The number of piperidine rings is 1. The molecule has 1 fully saturated rings. The topological polar surface area (TPSA) is 55.2 Å². The number of hydrogen-bond donors (Lipinski definition) is 0. The number of carbonyl (C=O) groups excluding carboxylic acids is 1. The third-order valence-electron chi connectivity index (χ3n) is 6.42. The van der Waals surface area contributed by atoms with Crippen LogP contribution in [0.4, 0.5) is 0 Å². The van der Waals surface area contributed by atoms with E-state index in [-0.39, 0.29) is 17.5 Å². The Morgan fingerprint density at radius 1 is 1.16 bits per heavy atom. The van der Waals surface area contributed by atoms with Gasteiger partial charge in [0.05, 0.1) is 16.8 Å². The summed E-state index contributed by atoms with van der Waals surface area (Å²) in [6.07, 6.45) is 7.62. The molecule has 3 aromatic rings. The van der Waals surface area contributed by atoms with Crippen molar-refractivity contribution in [3.63, 3.8) is 0 Å². The molecule has 0 N–H and O–H groups in total. The third-order valence-corrected chi connectivity index (χ3v) is 8.53. The van der Waals surface area contributed by atoms with E-state index in [2.05, 4.69) is 6.92 Å². The van der Waals surface area contributed by atoms with Gasteiger partial charge in [-0.25, -0.2) is 4.98 Å². The van der Waals surface area contributed by atoms with Gasteiger partial charge in [-0.05, 0) is 69.6 Å². The Labute approximate surface area is 190 Å². The summed E-state index contributed by atoms with van der Waals surface area (Å²) in [5.41, 5.74) is 2.00. The molecule has 0 bridgehead atoms. The summed E-state index contributed by atoms with van der Waals surface area (Å²) in [5, 5.41) is 1.39. The lowest BCUT2D eigenvalue weighted by Gasteiger charge is -2.33. The second kappa shape index (κ2) is 8.79. The van der Waals surface area contributed by atoms with Crippen LogP contribution in [0, 0.1) is 0 Å². The fraction of sp³-hybridized carbons (Fsp3) is 0.458. The van der Waals surface area contributed by atoms with Crippen molar-refractivity contribution in [1.82, 2.24) is 14.5 Å². The van der Waals surface area contributed by atoms with Crippen LogP contribution in [0.15, 0.2) is 40.3 Å². The summed E-state index contributed by atoms with van der Waals surface area (Å²) in [6.45, 7) is 2.96. The number of fused-ring (bicyclic) bond motifs is 3. The number of aryl methyl sites for hydroxylation is 2. The van der Waals surface area contributed by atoms with Gasteiger partial charge in [-0.1, -0.05) is 30.0 Å². The number of likely N-dealkylation sites (tertiary alicyclic amines) is 1. The van der Waals surface area contributed by atoms with Crippen molar-refractivity contribution in [1.29, 1.82) is 0 Å². The molecule has 0 unspecified atom stereocenters. The van der Waals surface area contributed by atoms with Crippen LogP contribution in [0.2, 0.25) is 0 Å². The van der Waals surface area contributed by atoms with Crippen LogP contribution in [0.3, 0.4) is 0 Å². The molecule has 1 atom stereocenters. The van der Waals surface area contributed by atoms with Crippen molar-refractivity contribution in [2.45, 2.75) is 63.1 Å². The number of rotatable bonds is 4. The maximum Gasteiger partial charge on any atom is 0.267 e. The van der Waals surface area contributed by atoms with Gasteiger partial charge < -0.3 is 4.90 Å². The first kappa shape index (κ1) is 20.8.